The summed E-state index contributed by atoms with van der Waals surface area (Å²) in [6, 6.07) is 9.88. The van der Waals surface area contributed by atoms with Gasteiger partial charge in [-0.25, -0.2) is 8.42 Å². The van der Waals surface area contributed by atoms with Crippen LogP contribution < -0.4 is 14.4 Å². The zero-order valence-corrected chi connectivity index (χ0v) is 17.0. The van der Waals surface area contributed by atoms with Crippen LogP contribution in [0.1, 0.15) is 12.0 Å². The molecule has 0 unspecified atom stereocenters. The van der Waals surface area contributed by atoms with Crippen LogP contribution in [0, 0.1) is 6.92 Å². The first kappa shape index (κ1) is 19.8. The number of ether oxygens (including phenoxy) is 1. The first-order valence-electron chi connectivity index (χ1n) is 8.16. The summed E-state index contributed by atoms with van der Waals surface area (Å²) in [4.78, 5) is 12.7. The lowest BCUT2D eigenvalue weighted by atomic mass is 10.1. The summed E-state index contributed by atoms with van der Waals surface area (Å²) in [5.41, 5.74) is 1.64. The Labute approximate surface area is 168 Å². The average Bonchev–Trinajstić information content (AvgIpc) is 2.78. The van der Waals surface area contributed by atoms with Crippen molar-refractivity contribution >= 4 is 50.5 Å². The molecule has 1 heterocycles. The van der Waals surface area contributed by atoms with Gasteiger partial charge < -0.3 is 10.1 Å². The van der Waals surface area contributed by atoms with E-state index in [1.54, 1.807) is 37.3 Å². The molecule has 0 aromatic heterocycles. The predicted octanol–water partition coefficient (Wildman–Crippen LogP) is 3.86. The second kappa shape index (κ2) is 7.58. The summed E-state index contributed by atoms with van der Waals surface area (Å²) in [6.07, 6.45) is 0.424. The molecule has 1 aliphatic heterocycles. The zero-order valence-electron chi connectivity index (χ0n) is 14.7. The molecular formula is C18H18Cl2N2O4S. The summed E-state index contributed by atoms with van der Waals surface area (Å²) in [5.74, 6) is -0.0955. The first-order chi connectivity index (χ1) is 12.7. The highest BCUT2D eigenvalue weighted by atomic mass is 35.5. The highest BCUT2D eigenvalue weighted by Gasteiger charge is 2.31. The van der Waals surface area contributed by atoms with Gasteiger partial charge in [-0.2, -0.15) is 0 Å². The number of benzene rings is 2. The van der Waals surface area contributed by atoms with Gasteiger partial charge in [0.2, 0.25) is 10.0 Å². The third kappa shape index (κ3) is 4.31. The smallest absolute Gasteiger partial charge is 0.265 e. The van der Waals surface area contributed by atoms with Crippen molar-refractivity contribution in [2.24, 2.45) is 0 Å². The second-order valence-corrected chi connectivity index (χ2v) is 8.99. The third-order valence-electron chi connectivity index (χ3n) is 4.27. The molecule has 1 atom stereocenters. The number of anilines is 2. The van der Waals surface area contributed by atoms with Gasteiger partial charge in [-0.3, -0.25) is 9.10 Å². The summed E-state index contributed by atoms with van der Waals surface area (Å²) in [7, 11) is -3.55. The van der Waals surface area contributed by atoms with Crippen LogP contribution in [0.4, 0.5) is 11.4 Å². The monoisotopic (exact) mass is 428 g/mol. The average molecular weight is 429 g/mol. The molecule has 0 radical (unpaired) electrons. The Morgan fingerprint density at radius 2 is 2.00 bits per heavy atom. The maximum Gasteiger partial charge on any atom is 0.265 e. The minimum Gasteiger partial charge on any atom is -0.478 e. The lowest BCUT2D eigenvalue weighted by Crippen LogP contribution is -2.36. The summed E-state index contributed by atoms with van der Waals surface area (Å²) in [6.45, 7) is 1.90. The molecule has 0 saturated carbocycles. The van der Waals surface area contributed by atoms with Crippen molar-refractivity contribution in [3.05, 3.63) is 52.0 Å². The van der Waals surface area contributed by atoms with Gasteiger partial charge in [-0.15, -0.1) is 0 Å². The van der Waals surface area contributed by atoms with E-state index < -0.39 is 16.1 Å². The fraction of sp³-hybridized carbons (Fsp3) is 0.278. The Morgan fingerprint density at radius 1 is 1.26 bits per heavy atom. The number of carbonyl (C=O) groups excluding carboxylic acids is 1. The number of amides is 1. The number of nitrogens with one attached hydrogen (secondary N) is 1. The molecule has 1 amide bonds. The highest BCUT2D eigenvalue weighted by Crippen LogP contribution is 2.36. The van der Waals surface area contributed by atoms with Crippen LogP contribution in [0.5, 0.6) is 5.75 Å². The molecule has 3 rings (SSSR count). The summed E-state index contributed by atoms with van der Waals surface area (Å²) < 4.78 is 31.4. The molecular weight excluding hydrogens is 411 g/mol. The maximum absolute atomic E-state index is 12.7. The van der Waals surface area contributed by atoms with Crippen molar-refractivity contribution in [2.75, 3.05) is 22.4 Å². The van der Waals surface area contributed by atoms with Crippen molar-refractivity contribution in [2.45, 2.75) is 19.4 Å². The number of sulfonamides is 1. The zero-order chi connectivity index (χ0) is 19.8. The van der Waals surface area contributed by atoms with E-state index in [9.17, 15) is 13.2 Å². The topological polar surface area (TPSA) is 75.7 Å². The Morgan fingerprint density at radius 3 is 2.70 bits per heavy atom. The number of hydrogen-bond acceptors (Lipinski definition) is 4. The van der Waals surface area contributed by atoms with Crippen LogP contribution in [0.25, 0.3) is 0 Å². The van der Waals surface area contributed by atoms with Gasteiger partial charge in [0.1, 0.15) is 5.75 Å². The minimum absolute atomic E-state index is 0.0960. The molecule has 0 aliphatic carbocycles. The number of carbonyl (C=O) groups is 1. The van der Waals surface area contributed by atoms with Crippen molar-refractivity contribution < 1.29 is 17.9 Å². The molecule has 9 heteroatoms. The normalized spacial score (nSPS) is 16.9. The Kier molecular flexibility index (Phi) is 5.55. The molecule has 27 heavy (non-hydrogen) atoms. The van der Waals surface area contributed by atoms with E-state index in [1.165, 1.54) is 10.4 Å². The third-order valence-corrected chi connectivity index (χ3v) is 6.10. The van der Waals surface area contributed by atoms with Gasteiger partial charge in [0, 0.05) is 28.7 Å². The van der Waals surface area contributed by atoms with Crippen LogP contribution >= 0.6 is 23.2 Å². The van der Waals surface area contributed by atoms with E-state index in [1.807, 2.05) is 0 Å². The van der Waals surface area contributed by atoms with Crippen molar-refractivity contribution in [1.29, 1.82) is 0 Å². The standard InChI is InChI=1S/C18H18Cl2N2O4S/c1-11-13(20)4-3-5-14(11)21-18(23)17-8-9-22(27(2,24)25)15-10-12(19)6-7-16(15)26-17/h3-7,10,17H,8-9H2,1-2H3,(H,21,23)/t17-/m0/s1. The Bertz CT molecular complexity index is 995. The molecule has 2 aromatic carbocycles. The molecule has 0 bridgehead atoms. The number of fused-ring (bicyclic) bond motifs is 1. The van der Waals surface area contributed by atoms with Crippen molar-refractivity contribution in [1.82, 2.24) is 0 Å². The van der Waals surface area contributed by atoms with Crippen LogP contribution in [0.2, 0.25) is 10.0 Å². The molecule has 0 spiro atoms. The summed E-state index contributed by atoms with van der Waals surface area (Å²) >= 11 is 12.1. The van der Waals surface area contributed by atoms with Crippen molar-refractivity contribution in [3.8, 4) is 5.75 Å². The number of nitrogens with zero attached hydrogens (tertiary/aromatic N) is 1. The Hall–Kier alpha value is -1.96. The van der Waals surface area contributed by atoms with E-state index in [0.717, 1.165) is 11.8 Å². The van der Waals surface area contributed by atoms with E-state index in [2.05, 4.69) is 5.32 Å². The van der Waals surface area contributed by atoms with E-state index in [-0.39, 0.29) is 24.6 Å². The van der Waals surface area contributed by atoms with Crippen LogP contribution in [0.15, 0.2) is 36.4 Å². The van der Waals surface area contributed by atoms with Crippen LogP contribution in [0.3, 0.4) is 0 Å². The predicted molar refractivity (Wildman–Crippen MR) is 107 cm³/mol. The minimum atomic E-state index is -3.55. The highest BCUT2D eigenvalue weighted by molar-refractivity contribution is 7.92. The van der Waals surface area contributed by atoms with Gasteiger partial charge in [0.25, 0.3) is 5.91 Å². The maximum atomic E-state index is 12.7. The molecule has 2 aromatic rings. The van der Waals surface area contributed by atoms with Gasteiger partial charge in [-0.05, 0) is 42.8 Å². The molecule has 0 fully saturated rings. The SMILES string of the molecule is Cc1c(Cl)cccc1NC(=O)[C@@H]1CCN(S(C)(=O)=O)c2cc(Cl)ccc2O1. The number of hydrogen-bond donors (Lipinski definition) is 1. The number of rotatable bonds is 3. The lowest BCUT2D eigenvalue weighted by Gasteiger charge is -2.21. The van der Waals surface area contributed by atoms with E-state index >= 15 is 0 Å². The number of halogens is 2. The molecule has 0 saturated heterocycles. The van der Waals surface area contributed by atoms with Gasteiger partial charge >= 0.3 is 0 Å². The molecule has 144 valence electrons. The molecule has 6 nitrogen and oxygen atoms in total. The molecule has 1 aliphatic rings. The van der Waals surface area contributed by atoms with Gasteiger partial charge in [0.05, 0.1) is 11.9 Å². The lowest BCUT2D eigenvalue weighted by molar-refractivity contribution is -0.122. The quantitative estimate of drug-likeness (QED) is 0.804. The van der Waals surface area contributed by atoms with E-state index in [4.69, 9.17) is 27.9 Å². The molecule has 1 N–H and O–H groups in total. The summed E-state index contributed by atoms with van der Waals surface area (Å²) in [5, 5.41) is 3.72. The van der Waals surface area contributed by atoms with Crippen LogP contribution in [-0.2, 0) is 14.8 Å². The second-order valence-electron chi connectivity index (χ2n) is 6.24. The van der Waals surface area contributed by atoms with Crippen molar-refractivity contribution in [3.63, 3.8) is 0 Å². The fourth-order valence-electron chi connectivity index (χ4n) is 2.84. The first-order valence-corrected chi connectivity index (χ1v) is 10.8. The fourth-order valence-corrected chi connectivity index (χ4v) is 4.12. The van der Waals surface area contributed by atoms with Gasteiger partial charge in [-0.1, -0.05) is 29.3 Å². The van der Waals surface area contributed by atoms with Gasteiger partial charge in [0.15, 0.2) is 6.10 Å². The van der Waals surface area contributed by atoms with E-state index in [0.29, 0.717) is 21.4 Å². The largest absolute Gasteiger partial charge is 0.478 e. The van der Waals surface area contributed by atoms with Crippen LogP contribution in [-0.4, -0.2) is 33.2 Å². The Balaban J connectivity index is 1.90.